The molecule has 3 rings (SSSR count). The van der Waals surface area contributed by atoms with Gasteiger partial charge in [0.25, 0.3) is 0 Å². The Morgan fingerprint density at radius 3 is 2.67 bits per heavy atom. The number of likely N-dealkylation sites (N-methyl/N-ethyl adjacent to an activating group) is 1. The number of pyridine rings is 1. The fourth-order valence-electron chi connectivity index (χ4n) is 2.81. The van der Waals surface area contributed by atoms with E-state index in [1.54, 1.807) is 0 Å². The predicted octanol–water partition coefficient (Wildman–Crippen LogP) is 2.84. The molecule has 21 heavy (non-hydrogen) atoms. The molecule has 3 nitrogen and oxygen atoms in total. The third kappa shape index (κ3) is 2.55. The van der Waals surface area contributed by atoms with Crippen molar-refractivity contribution in [3.63, 3.8) is 0 Å². The van der Waals surface area contributed by atoms with Crippen molar-refractivity contribution in [2.75, 3.05) is 20.3 Å². The van der Waals surface area contributed by atoms with Crippen molar-refractivity contribution in [3.8, 4) is 0 Å². The molecule has 1 aromatic heterocycles. The number of nitrogens with zero attached hydrogens (tertiary/aromatic N) is 2. The quantitative estimate of drug-likeness (QED) is 0.862. The maximum atomic E-state index is 6.03. The van der Waals surface area contributed by atoms with Crippen molar-refractivity contribution in [2.45, 2.75) is 5.41 Å². The zero-order valence-electron chi connectivity index (χ0n) is 11.7. The second-order valence-corrected chi connectivity index (χ2v) is 6.15. The van der Waals surface area contributed by atoms with Crippen molar-refractivity contribution < 1.29 is 0 Å². The van der Waals surface area contributed by atoms with Gasteiger partial charge in [-0.25, -0.2) is 0 Å². The van der Waals surface area contributed by atoms with E-state index in [9.17, 15) is 0 Å². The summed E-state index contributed by atoms with van der Waals surface area (Å²) in [5.41, 5.74) is 1.62. The minimum Gasteiger partial charge on any atom is -0.366 e. The molecule has 0 radical (unpaired) electrons. The second kappa shape index (κ2) is 5.72. The number of benzene rings is 1. The van der Waals surface area contributed by atoms with Gasteiger partial charge in [0.1, 0.15) is 5.41 Å². The molecule has 1 unspecified atom stereocenters. The maximum Gasteiger partial charge on any atom is 0.100 e. The van der Waals surface area contributed by atoms with E-state index in [-0.39, 0.29) is 0 Å². The Bertz CT molecular complexity index is 644. The summed E-state index contributed by atoms with van der Waals surface area (Å²) in [6.45, 7) is 1.54. The Morgan fingerprint density at radius 1 is 1.24 bits per heavy atom. The van der Waals surface area contributed by atoms with Crippen LogP contribution in [-0.4, -0.2) is 35.1 Å². The van der Waals surface area contributed by atoms with E-state index >= 15 is 0 Å². The fraction of sp³-hybridized carbons (Fsp3) is 0.250. The summed E-state index contributed by atoms with van der Waals surface area (Å²) in [5.74, 6) is 0. The van der Waals surface area contributed by atoms with E-state index in [0.717, 1.165) is 34.5 Å². The molecular formula is C16H16ClN3S. The zero-order valence-corrected chi connectivity index (χ0v) is 13.3. The number of thiocarbonyl (C=S) groups is 1. The van der Waals surface area contributed by atoms with Gasteiger partial charge in [0.2, 0.25) is 0 Å². The van der Waals surface area contributed by atoms with Crippen molar-refractivity contribution >= 4 is 28.8 Å². The molecule has 0 aliphatic carbocycles. The third-order valence-electron chi connectivity index (χ3n) is 3.84. The highest BCUT2D eigenvalue weighted by molar-refractivity contribution is 7.80. The fourth-order valence-corrected chi connectivity index (χ4v) is 3.28. The highest BCUT2D eigenvalue weighted by Gasteiger charge is 2.43. The molecule has 1 fully saturated rings. The summed E-state index contributed by atoms with van der Waals surface area (Å²) in [6, 6.07) is 13.8. The van der Waals surface area contributed by atoms with Crippen molar-refractivity contribution in [1.82, 2.24) is 15.2 Å². The van der Waals surface area contributed by atoms with Crippen LogP contribution in [0.4, 0.5) is 0 Å². The first-order chi connectivity index (χ1) is 10.1. The van der Waals surface area contributed by atoms with E-state index in [2.05, 4.69) is 22.2 Å². The highest BCUT2D eigenvalue weighted by Crippen LogP contribution is 2.35. The summed E-state index contributed by atoms with van der Waals surface area (Å²) in [7, 11) is 2.07. The Kier molecular flexibility index (Phi) is 3.93. The summed E-state index contributed by atoms with van der Waals surface area (Å²) < 4.78 is 0. The molecule has 108 valence electrons. The average Bonchev–Trinajstić information content (AvgIpc) is 2.51. The zero-order chi connectivity index (χ0) is 14.9. The molecule has 0 bridgehead atoms. The lowest BCUT2D eigenvalue weighted by Crippen LogP contribution is -2.59. The Balaban J connectivity index is 2.19. The topological polar surface area (TPSA) is 28.2 Å². The number of nitrogens with one attached hydrogen (secondary N) is 1. The molecule has 1 N–H and O–H groups in total. The maximum absolute atomic E-state index is 6.03. The molecule has 1 saturated heterocycles. The molecular weight excluding hydrogens is 302 g/mol. The average molecular weight is 318 g/mol. The van der Waals surface area contributed by atoms with Crippen molar-refractivity contribution in [1.29, 1.82) is 0 Å². The number of hydrogen-bond acceptors (Lipinski definition) is 3. The van der Waals surface area contributed by atoms with E-state index in [4.69, 9.17) is 23.8 Å². The van der Waals surface area contributed by atoms with Gasteiger partial charge in [0, 0.05) is 17.8 Å². The molecule has 1 atom stereocenters. The van der Waals surface area contributed by atoms with Crippen LogP contribution in [0, 0.1) is 0 Å². The van der Waals surface area contributed by atoms with Crippen molar-refractivity contribution in [2.24, 2.45) is 0 Å². The van der Waals surface area contributed by atoms with E-state index < -0.39 is 5.41 Å². The Morgan fingerprint density at radius 2 is 2.00 bits per heavy atom. The van der Waals surface area contributed by atoms with Crippen LogP contribution < -0.4 is 5.32 Å². The molecule has 2 aromatic rings. The van der Waals surface area contributed by atoms with Crippen LogP contribution in [0.5, 0.6) is 0 Å². The number of hydrogen-bond donors (Lipinski definition) is 1. The van der Waals surface area contributed by atoms with Gasteiger partial charge in [-0.2, -0.15) is 0 Å². The lowest BCUT2D eigenvalue weighted by atomic mass is 9.75. The summed E-state index contributed by atoms with van der Waals surface area (Å²) in [6.07, 6.45) is 1.81. The summed E-state index contributed by atoms with van der Waals surface area (Å²) in [4.78, 5) is 7.59. The van der Waals surface area contributed by atoms with Gasteiger partial charge in [-0.15, -0.1) is 0 Å². The molecule has 1 aromatic carbocycles. The van der Waals surface area contributed by atoms with Crippen LogP contribution in [0.25, 0.3) is 0 Å². The predicted molar refractivity (Wildman–Crippen MR) is 89.7 cm³/mol. The van der Waals surface area contributed by atoms with Gasteiger partial charge in [-0.3, -0.25) is 9.88 Å². The molecule has 5 heteroatoms. The van der Waals surface area contributed by atoms with Crippen LogP contribution >= 0.6 is 23.8 Å². The smallest absolute Gasteiger partial charge is 0.100 e. The van der Waals surface area contributed by atoms with Gasteiger partial charge in [-0.1, -0.05) is 42.0 Å². The molecule has 2 heterocycles. The van der Waals surface area contributed by atoms with Gasteiger partial charge in [0.05, 0.1) is 17.4 Å². The Hall–Kier alpha value is -1.49. The SMILES string of the molecule is CN1CNC(=S)C(c2ccc(Cl)cc2)(c2ccccn2)C1. The highest BCUT2D eigenvalue weighted by atomic mass is 35.5. The largest absolute Gasteiger partial charge is 0.366 e. The normalized spacial score (nSPS) is 22.9. The molecule has 0 amide bonds. The van der Waals surface area contributed by atoms with Crippen LogP contribution in [-0.2, 0) is 5.41 Å². The number of halogens is 1. The lowest BCUT2D eigenvalue weighted by molar-refractivity contribution is 0.268. The first-order valence-electron chi connectivity index (χ1n) is 6.77. The monoisotopic (exact) mass is 317 g/mol. The van der Waals surface area contributed by atoms with Gasteiger partial charge in [0.15, 0.2) is 0 Å². The van der Waals surface area contributed by atoms with Crippen LogP contribution in [0.1, 0.15) is 11.3 Å². The van der Waals surface area contributed by atoms with Crippen LogP contribution in [0.2, 0.25) is 5.02 Å². The van der Waals surface area contributed by atoms with Gasteiger partial charge < -0.3 is 5.32 Å². The number of rotatable bonds is 2. The first-order valence-corrected chi connectivity index (χ1v) is 7.56. The van der Waals surface area contributed by atoms with Crippen LogP contribution in [0.15, 0.2) is 48.7 Å². The third-order valence-corrected chi connectivity index (χ3v) is 4.59. The van der Waals surface area contributed by atoms with E-state index in [1.807, 2.05) is 48.7 Å². The Labute approximate surface area is 134 Å². The van der Waals surface area contributed by atoms with Crippen molar-refractivity contribution in [3.05, 3.63) is 64.9 Å². The van der Waals surface area contributed by atoms with Gasteiger partial charge in [-0.05, 0) is 36.9 Å². The minimum absolute atomic E-state index is 0.436. The summed E-state index contributed by atoms with van der Waals surface area (Å²) >= 11 is 11.7. The van der Waals surface area contributed by atoms with Gasteiger partial charge >= 0.3 is 0 Å². The minimum atomic E-state index is -0.436. The van der Waals surface area contributed by atoms with Crippen LogP contribution in [0.3, 0.4) is 0 Å². The van der Waals surface area contributed by atoms with E-state index in [0.29, 0.717) is 0 Å². The molecule has 1 aliphatic heterocycles. The number of aromatic nitrogens is 1. The lowest BCUT2D eigenvalue weighted by Gasteiger charge is -2.42. The molecule has 0 saturated carbocycles. The standard InChI is InChI=1S/C16H16ClN3S/c1-20-10-16(15(21)19-11-20,14-4-2-3-9-18-14)12-5-7-13(17)8-6-12/h2-9H,10-11H2,1H3,(H,19,21). The second-order valence-electron chi connectivity index (χ2n) is 5.31. The first kappa shape index (κ1) is 14.4. The molecule has 1 aliphatic rings. The molecule has 0 spiro atoms. The van der Waals surface area contributed by atoms with E-state index in [1.165, 1.54) is 0 Å². The summed E-state index contributed by atoms with van der Waals surface area (Å²) in [5, 5.41) is 4.04.